The predicted molar refractivity (Wildman–Crippen MR) is 112 cm³/mol. The lowest BCUT2D eigenvalue weighted by Gasteiger charge is -2.08. The summed E-state index contributed by atoms with van der Waals surface area (Å²) in [6.07, 6.45) is 1.30. The molecule has 2 heterocycles. The van der Waals surface area contributed by atoms with Crippen LogP contribution >= 0.6 is 11.6 Å². The van der Waals surface area contributed by atoms with Gasteiger partial charge in [0.05, 0.1) is 12.8 Å². The summed E-state index contributed by atoms with van der Waals surface area (Å²) < 4.78 is 7.83. The van der Waals surface area contributed by atoms with Crippen LogP contribution in [0.1, 0.15) is 5.56 Å². The van der Waals surface area contributed by atoms with Crippen LogP contribution in [0, 0.1) is 6.92 Å². The Labute approximate surface area is 175 Å². The summed E-state index contributed by atoms with van der Waals surface area (Å²) in [4.78, 5) is 29.4. The van der Waals surface area contributed by atoms with E-state index in [1.807, 2.05) is 6.92 Å². The molecular weight excluding hydrogens is 408 g/mol. The second kappa shape index (κ2) is 7.96. The highest BCUT2D eigenvalue weighted by Crippen LogP contribution is 2.20. The number of benzene rings is 2. The number of amides is 1. The maximum atomic E-state index is 12.8. The van der Waals surface area contributed by atoms with Crippen molar-refractivity contribution in [1.29, 1.82) is 0 Å². The minimum absolute atomic E-state index is 0.0616. The molecule has 0 aliphatic heterocycles. The fourth-order valence-electron chi connectivity index (χ4n) is 2.90. The van der Waals surface area contributed by atoms with Crippen LogP contribution in [-0.4, -0.2) is 37.6 Å². The Bertz CT molecular complexity index is 1310. The Balaban J connectivity index is 1.60. The van der Waals surface area contributed by atoms with Gasteiger partial charge in [0.1, 0.15) is 18.6 Å². The molecule has 2 aromatic heterocycles. The fraction of sp³-hybridized carbons (Fsp3) is 0.150. The highest BCUT2D eigenvalue weighted by molar-refractivity contribution is 6.31. The van der Waals surface area contributed by atoms with Crippen LogP contribution in [-0.2, 0) is 11.3 Å². The van der Waals surface area contributed by atoms with Crippen LogP contribution in [0.2, 0.25) is 5.02 Å². The van der Waals surface area contributed by atoms with Gasteiger partial charge in [-0.25, -0.2) is 4.98 Å². The maximum Gasteiger partial charge on any atom is 0.284 e. The van der Waals surface area contributed by atoms with Gasteiger partial charge in [-0.05, 0) is 36.8 Å². The first kappa shape index (κ1) is 19.6. The number of rotatable bonds is 5. The van der Waals surface area contributed by atoms with Crippen LogP contribution in [0.25, 0.3) is 16.9 Å². The van der Waals surface area contributed by atoms with E-state index in [-0.39, 0.29) is 17.7 Å². The number of methoxy groups -OCH3 is 1. The Morgan fingerprint density at radius 2 is 2.07 bits per heavy atom. The summed E-state index contributed by atoms with van der Waals surface area (Å²) in [5.41, 5.74) is 1.98. The second-order valence-corrected chi connectivity index (χ2v) is 6.97. The maximum absolute atomic E-state index is 12.8. The molecule has 0 saturated carbocycles. The molecule has 30 heavy (non-hydrogen) atoms. The molecule has 0 spiro atoms. The van der Waals surface area contributed by atoms with E-state index in [1.54, 1.807) is 49.6 Å². The van der Waals surface area contributed by atoms with Crippen molar-refractivity contribution in [1.82, 2.24) is 24.5 Å². The van der Waals surface area contributed by atoms with Crippen LogP contribution in [0.3, 0.4) is 0 Å². The SMILES string of the molecule is COc1cccc(-n2nnc3c(=O)n(CC(=O)Nc4ccc(C)c(Cl)c4)cnc32)c1. The van der Waals surface area contributed by atoms with Crippen molar-refractivity contribution in [3.63, 3.8) is 0 Å². The Hall–Kier alpha value is -3.72. The van der Waals surface area contributed by atoms with E-state index in [1.165, 1.54) is 15.6 Å². The number of aromatic nitrogens is 5. The monoisotopic (exact) mass is 424 g/mol. The van der Waals surface area contributed by atoms with Gasteiger partial charge in [-0.15, -0.1) is 5.10 Å². The zero-order valence-corrected chi connectivity index (χ0v) is 16.9. The number of hydrogen-bond donors (Lipinski definition) is 1. The molecular formula is C20H17ClN6O3. The van der Waals surface area contributed by atoms with Crippen LogP contribution in [0.4, 0.5) is 5.69 Å². The quantitative estimate of drug-likeness (QED) is 0.528. The van der Waals surface area contributed by atoms with E-state index in [2.05, 4.69) is 20.6 Å². The summed E-state index contributed by atoms with van der Waals surface area (Å²) in [6, 6.07) is 12.3. The largest absolute Gasteiger partial charge is 0.497 e. The number of nitrogens with one attached hydrogen (secondary N) is 1. The molecule has 2 aromatic carbocycles. The topological polar surface area (TPSA) is 104 Å². The van der Waals surface area contributed by atoms with Gasteiger partial charge in [0.25, 0.3) is 5.56 Å². The number of anilines is 1. The van der Waals surface area contributed by atoms with Crippen LogP contribution in [0.15, 0.2) is 53.6 Å². The van der Waals surface area contributed by atoms with E-state index in [0.29, 0.717) is 22.1 Å². The molecule has 0 fully saturated rings. The van der Waals surface area contributed by atoms with Gasteiger partial charge in [-0.2, -0.15) is 4.68 Å². The molecule has 0 aliphatic carbocycles. The Morgan fingerprint density at radius 3 is 2.83 bits per heavy atom. The van der Waals surface area contributed by atoms with Crippen molar-refractivity contribution in [3.8, 4) is 11.4 Å². The third-order valence-corrected chi connectivity index (χ3v) is 4.90. The Kier molecular flexibility index (Phi) is 5.20. The van der Waals surface area contributed by atoms with Gasteiger partial charge in [0.15, 0.2) is 11.2 Å². The lowest BCUT2D eigenvalue weighted by Crippen LogP contribution is -2.28. The normalized spacial score (nSPS) is 10.9. The summed E-state index contributed by atoms with van der Waals surface area (Å²) in [7, 11) is 1.56. The summed E-state index contributed by atoms with van der Waals surface area (Å²) >= 11 is 6.08. The number of carbonyl (C=O) groups excluding carboxylic acids is 1. The standard InChI is InChI=1S/C20H17ClN6O3/c1-12-6-7-13(8-16(12)21)23-17(28)10-26-11-22-19-18(20(26)29)24-25-27(19)14-4-3-5-15(9-14)30-2/h3-9,11H,10H2,1-2H3,(H,23,28). The third-order valence-electron chi connectivity index (χ3n) is 4.50. The third kappa shape index (κ3) is 3.74. The first-order valence-electron chi connectivity index (χ1n) is 8.97. The van der Waals surface area contributed by atoms with Crippen molar-refractivity contribution < 1.29 is 9.53 Å². The molecule has 0 atom stereocenters. The molecule has 0 bridgehead atoms. The number of ether oxygens (including phenoxy) is 1. The average molecular weight is 425 g/mol. The van der Waals surface area contributed by atoms with E-state index in [9.17, 15) is 9.59 Å². The smallest absolute Gasteiger partial charge is 0.284 e. The lowest BCUT2D eigenvalue weighted by molar-refractivity contribution is -0.116. The van der Waals surface area contributed by atoms with E-state index >= 15 is 0 Å². The molecule has 0 saturated heterocycles. The Morgan fingerprint density at radius 1 is 1.23 bits per heavy atom. The molecule has 10 heteroatoms. The van der Waals surface area contributed by atoms with Gasteiger partial charge in [-0.1, -0.05) is 28.9 Å². The number of hydrogen-bond acceptors (Lipinski definition) is 6. The average Bonchev–Trinajstić information content (AvgIpc) is 3.18. The van der Waals surface area contributed by atoms with Crippen LogP contribution in [0.5, 0.6) is 5.75 Å². The molecule has 0 unspecified atom stereocenters. The molecule has 4 rings (SSSR count). The van der Waals surface area contributed by atoms with Gasteiger partial charge >= 0.3 is 0 Å². The molecule has 1 N–H and O–H groups in total. The highest BCUT2D eigenvalue weighted by atomic mass is 35.5. The second-order valence-electron chi connectivity index (χ2n) is 6.56. The number of fused-ring (bicyclic) bond motifs is 1. The summed E-state index contributed by atoms with van der Waals surface area (Å²) in [6.45, 7) is 1.65. The first-order chi connectivity index (χ1) is 14.5. The molecule has 4 aromatic rings. The minimum Gasteiger partial charge on any atom is -0.497 e. The van der Waals surface area contributed by atoms with E-state index in [4.69, 9.17) is 16.3 Å². The van der Waals surface area contributed by atoms with Crippen molar-refractivity contribution in [2.75, 3.05) is 12.4 Å². The predicted octanol–water partition coefficient (Wildman–Crippen LogP) is 2.59. The van der Waals surface area contributed by atoms with E-state index < -0.39 is 11.5 Å². The van der Waals surface area contributed by atoms with Gasteiger partial charge in [0.2, 0.25) is 5.91 Å². The number of halogens is 1. The number of carbonyl (C=O) groups is 1. The van der Waals surface area contributed by atoms with Crippen molar-refractivity contribution in [2.45, 2.75) is 13.5 Å². The van der Waals surface area contributed by atoms with Crippen LogP contribution < -0.4 is 15.6 Å². The fourth-order valence-corrected chi connectivity index (χ4v) is 3.08. The van der Waals surface area contributed by atoms with Crippen molar-refractivity contribution >= 4 is 34.4 Å². The zero-order chi connectivity index (χ0) is 21.3. The highest BCUT2D eigenvalue weighted by Gasteiger charge is 2.15. The van der Waals surface area contributed by atoms with E-state index in [0.717, 1.165) is 5.56 Å². The minimum atomic E-state index is -0.466. The summed E-state index contributed by atoms with van der Waals surface area (Å²) in [5.74, 6) is 0.246. The molecule has 152 valence electrons. The van der Waals surface area contributed by atoms with Gasteiger partial charge in [-0.3, -0.25) is 14.2 Å². The van der Waals surface area contributed by atoms with Crippen molar-refractivity contribution in [2.24, 2.45) is 0 Å². The van der Waals surface area contributed by atoms with Crippen molar-refractivity contribution in [3.05, 3.63) is 69.7 Å². The number of aryl methyl sites for hydroxylation is 1. The molecule has 0 aliphatic rings. The molecule has 1 amide bonds. The molecule has 9 nitrogen and oxygen atoms in total. The summed E-state index contributed by atoms with van der Waals surface area (Å²) in [5, 5.41) is 11.2. The van der Waals surface area contributed by atoms with Gasteiger partial charge < -0.3 is 10.1 Å². The first-order valence-corrected chi connectivity index (χ1v) is 9.35. The molecule has 0 radical (unpaired) electrons. The number of nitrogens with zero attached hydrogens (tertiary/aromatic N) is 5. The van der Waals surface area contributed by atoms with Gasteiger partial charge in [0, 0.05) is 16.8 Å². The lowest BCUT2D eigenvalue weighted by atomic mass is 10.2. The zero-order valence-electron chi connectivity index (χ0n) is 16.2.